The van der Waals surface area contributed by atoms with E-state index in [9.17, 15) is 0 Å². The van der Waals surface area contributed by atoms with Gasteiger partial charge in [-0.15, -0.1) is 0 Å². The van der Waals surface area contributed by atoms with Crippen LogP contribution in [-0.4, -0.2) is 43.2 Å². The first-order valence-corrected chi connectivity index (χ1v) is 11.2. The van der Waals surface area contributed by atoms with E-state index in [1.165, 1.54) is 11.3 Å². The maximum absolute atomic E-state index is 5.69. The van der Waals surface area contributed by atoms with Gasteiger partial charge in [0.25, 0.3) is 0 Å². The van der Waals surface area contributed by atoms with E-state index in [1.54, 1.807) is 0 Å². The molecular weight excluding hydrogens is 382 g/mol. The number of rotatable bonds is 5. The lowest BCUT2D eigenvalue weighted by Crippen LogP contribution is -2.58. The standard InChI is InChI=1S/C27H29N3O/c1-2-27(23-14-8-4-9-15-23)26(29-18-20-31-21-19-29)28-25(22-12-6-3-7-13-22)30(27)24-16-10-5-11-17-24/h3-17,26H,2,18-21H2,1H3. The van der Waals surface area contributed by atoms with E-state index < -0.39 is 0 Å². The van der Waals surface area contributed by atoms with Gasteiger partial charge in [0.15, 0.2) is 0 Å². The highest BCUT2D eigenvalue weighted by molar-refractivity contribution is 6.12. The number of para-hydroxylation sites is 1. The van der Waals surface area contributed by atoms with Crippen molar-refractivity contribution in [3.63, 3.8) is 0 Å². The molecule has 0 aromatic heterocycles. The van der Waals surface area contributed by atoms with Crippen molar-refractivity contribution in [2.75, 3.05) is 31.2 Å². The smallest absolute Gasteiger partial charge is 0.138 e. The van der Waals surface area contributed by atoms with Crippen LogP contribution < -0.4 is 4.90 Å². The molecule has 3 aromatic rings. The van der Waals surface area contributed by atoms with Gasteiger partial charge in [-0.1, -0.05) is 85.8 Å². The molecule has 2 heterocycles. The number of hydrogen-bond donors (Lipinski definition) is 0. The van der Waals surface area contributed by atoms with Crippen LogP contribution in [-0.2, 0) is 10.3 Å². The third-order valence-corrected chi connectivity index (χ3v) is 6.53. The zero-order valence-corrected chi connectivity index (χ0v) is 18.0. The molecule has 3 aromatic carbocycles. The Balaban J connectivity index is 1.74. The van der Waals surface area contributed by atoms with Gasteiger partial charge in [0, 0.05) is 24.3 Å². The van der Waals surface area contributed by atoms with Crippen LogP contribution in [0.3, 0.4) is 0 Å². The molecule has 5 rings (SSSR count). The summed E-state index contributed by atoms with van der Waals surface area (Å²) in [6, 6.07) is 32.2. The highest BCUT2D eigenvalue weighted by atomic mass is 16.5. The molecule has 158 valence electrons. The summed E-state index contributed by atoms with van der Waals surface area (Å²) in [7, 11) is 0. The van der Waals surface area contributed by atoms with Crippen molar-refractivity contribution >= 4 is 11.5 Å². The largest absolute Gasteiger partial charge is 0.379 e. The first kappa shape index (κ1) is 20.0. The predicted octanol–water partition coefficient (Wildman–Crippen LogP) is 4.92. The number of amidine groups is 1. The zero-order chi connectivity index (χ0) is 21.1. The summed E-state index contributed by atoms with van der Waals surface area (Å²) < 4.78 is 5.69. The van der Waals surface area contributed by atoms with Crippen LogP contribution in [0.1, 0.15) is 24.5 Å². The van der Waals surface area contributed by atoms with Gasteiger partial charge in [0.1, 0.15) is 17.5 Å². The van der Waals surface area contributed by atoms with Crippen LogP contribution in [0.2, 0.25) is 0 Å². The van der Waals surface area contributed by atoms with Gasteiger partial charge < -0.3 is 9.64 Å². The summed E-state index contributed by atoms with van der Waals surface area (Å²) >= 11 is 0. The van der Waals surface area contributed by atoms with Gasteiger partial charge in [-0.05, 0) is 24.1 Å². The fourth-order valence-corrected chi connectivity index (χ4v) is 5.06. The van der Waals surface area contributed by atoms with Crippen LogP contribution in [0.15, 0.2) is 96.0 Å². The van der Waals surface area contributed by atoms with Gasteiger partial charge in [-0.3, -0.25) is 4.90 Å². The topological polar surface area (TPSA) is 28.1 Å². The summed E-state index contributed by atoms with van der Waals surface area (Å²) in [5.41, 5.74) is 3.32. The van der Waals surface area contributed by atoms with Crippen LogP contribution >= 0.6 is 0 Å². The number of benzene rings is 3. The Hall–Kier alpha value is -2.95. The second-order valence-electron chi connectivity index (χ2n) is 8.16. The SMILES string of the molecule is CCC1(c2ccccc2)C(N2CCOCC2)N=C(c2ccccc2)N1c1ccccc1. The molecule has 4 nitrogen and oxygen atoms in total. The third kappa shape index (κ3) is 3.46. The van der Waals surface area contributed by atoms with E-state index in [2.05, 4.69) is 108 Å². The zero-order valence-electron chi connectivity index (χ0n) is 18.0. The molecule has 2 atom stereocenters. The van der Waals surface area contributed by atoms with Crippen molar-refractivity contribution < 1.29 is 4.74 Å². The molecule has 2 aliphatic rings. The number of ether oxygens (including phenoxy) is 1. The van der Waals surface area contributed by atoms with Gasteiger partial charge in [-0.2, -0.15) is 0 Å². The van der Waals surface area contributed by atoms with Crippen molar-refractivity contribution in [1.82, 2.24) is 4.90 Å². The molecular formula is C27H29N3O. The van der Waals surface area contributed by atoms with Gasteiger partial charge in [0.05, 0.1) is 13.2 Å². The maximum Gasteiger partial charge on any atom is 0.138 e. The molecule has 0 N–H and O–H groups in total. The Bertz CT molecular complexity index is 1020. The van der Waals surface area contributed by atoms with E-state index in [1.807, 2.05) is 0 Å². The quantitative estimate of drug-likeness (QED) is 0.597. The highest BCUT2D eigenvalue weighted by Crippen LogP contribution is 2.46. The minimum absolute atomic E-state index is 0.0132. The van der Waals surface area contributed by atoms with Crippen molar-refractivity contribution in [2.45, 2.75) is 25.0 Å². The average molecular weight is 412 g/mol. The predicted molar refractivity (Wildman–Crippen MR) is 126 cm³/mol. The third-order valence-electron chi connectivity index (χ3n) is 6.53. The van der Waals surface area contributed by atoms with Crippen LogP contribution in [0.25, 0.3) is 0 Å². The van der Waals surface area contributed by atoms with Crippen LogP contribution in [0.4, 0.5) is 5.69 Å². The average Bonchev–Trinajstić information content (AvgIpc) is 3.22. The molecule has 31 heavy (non-hydrogen) atoms. The molecule has 0 bridgehead atoms. The van der Waals surface area contributed by atoms with Gasteiger partial charge in [0.2, 0.25) is 0 Å². The molecule has 0 aliphatic carbocycles. The number of aliphatic imine (C=N–C) groups is 1. The second-order valence-corrected chi connectivity index (χ2v) is 8.16. The summed E-state index contributed by atoms with van der Waals surface area (Å²) in [5.74, 6) is 1.04. The molecule has 0 radical (unpaired) electrons. The van der Waals surface area contributed by atoms with E-state index in [4.69, 9.17) is 9.73 Å². The number of nitrogens with zero attached hydrogens (tertiary/aromatic N) is 3. The lowest BCUT2D eigenvalue weighted by molar-refractivity contribution is 0.00170. The van der Waals surface area contributed by atoms with E-state index in [0.29, 0.717) is 0 Å². The summed E-state index contributed by atoms with van der Waals surface area (Å²) in [5, 5.41) is 0. The molecule has 0 saturated carbocycles. The van der Waals surface area contributed by atoms with Crippen LogP contribution in [0, 0.1) is 0 Å². The summed E-state index contributed by atoms with van der Waals surface area (Å²) in [4.78, 5) is 10.4. The Labute approximate surface area is 184 Å². The van der Waals surface area contributed by atoms with E-state index in [-0.39, 0.29) is 11.7 Å². The summed E-state index contributed by atoms with van der Waals surface area (Å²) in [6.45, 7) is 5.60. The fourth-order valence-electron chi connectivity index (χ4n) is 5.06. The van der Waals surface area contributed by atoms with Crippen LogP contribution in [0.5, 0.6) is 0 Å². The minimum atomic E-state index is -0.300. The molecule has 0 amide bonds. The van der Waals surface area contributed by atoms with Gasteiger partial charge >= 0.3 is 0 Å². The highest BCUT2D eigenvalue weighted by Gasteiger charge is 2.53. The Kier molecular flexibility index (Phi) is 5.58. The lowest BCUT2D eigenvalue weighted by Gasteiger charge is -2.47. The summed E-state index contributed by atoms with van der Waals surface area (Å²) in [6.07, 6.45) is 0.951. The lowest BCUT2D eigenvalue weighted by atomic mass is 9.82. The van der Waals surface area contributed by atoms with E-state index >= 15 is 0 Å². The number of anilines is 1. The normalized spacial score (nSPS) is 24.2. The number of hydrogen-bond acceptors (Lipinski definition) is 4. The monoisotopic (exact) mass is 411 g/mol. The first-order valence-electron chi connectivity index (χ1n) is 11.2. The Morgan fingerprint density at radius 1 is 0.839 bits per heavy atom. The number of morpholine rings is 1. The van der Waals surface area contributed by atoms with Crippen molar-refractivity contribution in [3.05, 3.63) is 102 Å². The Morgan fingerprint density at radius 2 is 1.42 bits per heavy atom. The second kappa shape index (κ2) is 8.66. The molecule has 1 saturated heterocycles. The molecule has 2 unspecified atom stereocenters. The maximum atomic E-state index is 5.69. The molecule has 4 heteroatoms. The fraction of sp³-hybridized carbons (Fsp3) is 0.296. The molecule has 0 spiro atoms. The van der Waals surface area contributed by atoms with Crippen molar-refractivity contribution in [2.24, 2.45) is 4.99 Å². The minimum Gasteiger partial charge on any atom is -0.379 e. The molecule has 2 aliphatic heterocycles. The van der Waals surface area contributed by atoms with Gasteiger partial charge in [-0.25, -0.2) is 4.99 Å². The Morgan fingerprint density at radius 3 is 2.03 bits per heavy atom. The van der Waals surface area contributed by atoms with E-state index in [0.717, 1.165) is 44.1 Å². The van der Waals surface area contributed by atoms with Crippen molar-refractivity contribution in [1.29, 1.82) is 0 Å². The first-order chi connectivity index (χ1) is 15.3. The molecule has 1 fully saturated rings. The van der Waals surface area contributed by atoms with Crippen molar-refractivity contribution in [3.8, 4) is 0 Å².